The first kappa shape index (κ1) is 24.4. The summed E-state index contributed by atoms with van der Waals surface area (Å²) in [6.45, 7) is 5.13. The third-order valence-electron chi connectivity index (χ3n) is 7.06. The summed E-state index contributed by atoms with van der Waals surface area (Å²) in [5.74, 6) is 1.14. The number of para-hydroxylation sites is 1. The smallest absolute Gasteiger partial charge is 0.331 e. The summed E-state index contributed by atoms with van der Waals surface area (Å²) in [6, 6.07) is 16.6. The van der Waals surface area contributed by atoms with Gasteiger partial charge in [-0.3, -0.25) is 9.69 Å². The Labute approximate surface area is 223 Å². The molecule has 0 spiro atoms. The standard InChI is InChI=1S/C28H27N5O4S/c1-16-13-18(37-17-7-5-4-6-8-17)9-10-19(16)33-20-11-12-30-26-22(20)23(31-27(33)35)24(38-26)25(34)32-28(2)15-29-14-21(28)36-3/h4-13,21,29H,14-15H2,1-3H3,(H,31,35)(H,32,34)/t21-,28+/m1/s1. The van der Waals surface area contributed by atoms with Crippen LogP contribution in [0.2, 0.25) is 0 Å². The highest BCUT2D eigenvalue weighted by Crippen LogP contribution is 2.46. The third kappa shape index (κ3) is 4.07. The topological polar surface area (TPSA) is 105 Å². The van der Waals surface area contributed by atoms with Crippen molar-refractivity contribution >= 4 is 50.6 Å². The molecule has 2 aromatic carbocycles. The number of carbonyl (C=O) groups is 2. The predicted octanol–water partition coefficient (Wildman–Crippen LogP) is 5.19. The van der Waals surface area contributed by atoms with Crippen LogP contribution >= 0.6 is 11.3 Å². The Bertz CT molecular complexity index is 1560. The van der Waals surface area contributed by atoms with Crippen molar-refractivity contribution in [2.24, 2.45) is 0 Å². The molecule has 0 saturated carbocycles. The number of benzene rings is 2. The minimum Gasteiger partial charge on any atom is -0.457 e. The van der Waals surface area contributed by atoms with Gasteiger partial charge in [0.2, 0.25) is 0 Å². The van der Waals surface area contributed by atoms with Gasteiger partial charge in [-0.05, 0) is 55.8 Å². The minimum absolute atomic E-state index is 0.159. The molecular weight excluding hydrogens is 502 g/mol. The van der Waals surface area contributed by atoms with Crippen molar-refractivity contribution in [1.29, 1.82) is 0 Å². The number of hydrogen-bond donors (Lipinski definition) is 3. The van der Waals surface area contributed by atoms with Gasteiger partial charge >= 0.3 is 6.03 Å². The monoisotopic (exact) mass is 529 g/mol. The van der Waals surface area contributed by atoms with E-state index in [2.05, 4.69) is 20.9 Å². The lowest BCUT2D eigenvalue weighted by atomic mass is 9.98. The number of rotatable bonds is 6. The lowest BCUT2D eigenvalue weighted by Crippen LogP contribution is -2.55. The Kier molecular flexibility index (Phi) is 6.02. The van der Waals surface area contributed by atoms with E-state index in [1.165, 1.54) is 11.3 Å². The van der Waals surface area contributed by atoms with Crippen LogP contribution in [-0.4, -0.2) is 48.8 Å². The number of methoxy groups -OCH3 is 1. The zero-order chi connectivity index (χ0) is 26.4. The van der Waals surface area contributed by atoms with Crippen molar-refractivity contribution in [3.8, 4) is 11.5 Å². The number of anilines is 3. The Balaban J connectivity index is 1.35. The van der Waals surface area contributed by atoms with Gasteiger partial charge in [0.25, 0.3) is 5.91 Å². The first-order valence-corrected chi connectivity index (χ1v) is 13.1. The van der Waals surface area contributed by atoms with Gasteiger partial charge in [-0.15, -0.1) is 11.3 Å². The number of aromatic nitrogens is 1. The number of hydrogen-bond acceptors (Lipinski definition) is 7. The van der Waals surface area contributed by atoms with Gasteiger partial charge in [-0.2, -0.15) is 0 Å². The maximum atomic E-state index is 13.5. The van der Waals surface area contributed by atoms with Crippen molar-refractivity contribution in [1.82, 2.24) is 15.6 Å². The molecule has 1 fully saturated rings. The number of pyridine rings is 1. The largest absolute Gasteiger partial charge is 0.457 e. The van der Waals surface area contributed by atoms with Crippen LogP contribution in [-0.2, 0) is 4.74 Å². The lowest BCUT2D eigenvalue weighted by molar-refractivity contribution is 0.0517. The number of nitrogens with one attached hydrogen (secondary N) is 3. The molecule has 10 heteroatoms. The highest BCUT2D eigenvalue weighted by Gasteiger charge is 2.42. The van der Waals surface area contributed by atoms with E-state index in [1.807, 2.05) is 62.4 Å². The van der Waals surface area contributed by atoms with Crippen LogP contribution in [0.5, 0.6) is 11.5 Å². The number of ether oxygens (including phenoxy) is 2. The van der Waals surface area contributed by atoms with Gasteiger partial charge < -0.3 is 25.4 Å². The van der Waals surface area contributed by atoms with Crippen LogP contribution in [0.4, 0.5) is 21.9 Å². The fraction of sp³-hybridized carbons (Fsp3) is 0.250. The molecule has 2 aliphatic rings. The Morgan fingerprint density at radius 3 is 2.74 bits per heavy atom. The molecule has 9 nitrogen and oxygen atoms in total. The van der Waals surface area contributed by atoms with Gasteiger partial charge in [0.15, 0.2) is 0 Å². The second kappa shape index (κ2) is 9.39. The minimum atomic E-state index is -0.573. The third-order valence-corrected chi connectivity index (χ3v) is 8.15. The van der Waals surface area contributed by atoms with Crippen molar-refractivity contribution in [3.05, 3.63) is 71.2 Å². The summed E-state index contributed by atoms with van der Waals surface area (Å²) in [7, 11) is 1.64. The van der Waals surface area contributed by atoms with E-state index in [0.717, 1.165) is 16.7 Å². The fourth-order valence-electron chi connectivity index (χ4n) is 5.14. The molecule has 2 aromatic heterocycles. The van der Waals surface area contributed by atoms with Gasteiger partial charge in [-0.1, -0.05) is 18.2 Å². The average molecular weight is 530 g/mol. The van der Waals surface area contributed by atoms with Gasteiger partial charge in [-0.25, -0.2) is 9.78 Å². The molecule has 3 amide bonds. The average Bonchev–Trinajstić information content (AvgIpc) is 3.46. The molecule has 2 aliphatic heterocycles. The first-order valence-electron chi connectivity index (χ1n) is 12.3. The quantitative estimate of drug-likeness (QED) is 0.318. The highest BCUT2D eigenvalue weighted by molar-refractivity contribution is 7.21. The normalized spacial score (nSPS) is 20.4. The van der Waals surface area contributed by atoms with Gasteiger partial charge in [0.05, 0.1) is 34.1 Å². The van der Waals surface area contributed by atoms with Crippen molar-refractivity contribution in [3.63, 3.8) is 0 Å². The van der Waals surface area contributed by atoms with E-state index >= 15 is 0 Å². The van der Waals surface area contributed by atoms with Crippen LogP contribution in [0.1, 0.15) is 22.2 Å². The molecule has 6 rings (SSSR count). The van der Waals surface area contributed by atoms with Gasteiger partial charge in [0.1, 0.15) is 21.2 Å². The maximum Gasteiger partial charge on any atom is 0.331 e. The Hall–Kier alpha value is -3.99. The molecule has 1 saturated heterocycles. The van der Waals surface area contributed by atoms with Crippen LogP contribution in [0.3, 0.4) is 0 Å². The second-order valence-electron chi connectivity index (χ2n) is 9.67. The number of aryl methyl sites for hydroxylation is 1. The molecule has 2 atom stereocenters. The van der Waals surface area contributed by atoms with E-state index in [1.54, 1.807) is 24.3 Å². The fourth-order valence-corrected chi connectivity index (χ4v) is 6.15. The summed E-state index contributed by atoms with van der Waals surface area (Å²) >= 11 is 1.26. The van der Waals surface area contributed by atoms with Crippen LogP contribution in [0.25, 0.3) is 10.2 Å². The number of amides is 3. The zero-order valence-corrected chi connectivity index (χ0v) is 22.0. The summed E-state index contributed by atoms with van der Waals surface area (Å²) in [5.41, 5.74) is 2.16. The Morgan fingerprint density at radius 1 is 1.16 bits per heavy atom. The highest BCUT2D eigenvalue weighted by atomic mass is 32.1. The van der Waals surface area contributed by atoms with Crippen LogP contribution < -0.4 is 25.6 Å². The van der Waals surface area contributed by atoms with Crippen molar-refractivity contribution in [2.75, 3.05) is 30.4 Å². The van der Waals surface area contributed by atoms with E-state index in [4.69, 9.17) is 9.47 Å². The summed E-state index contributed by atoms with van der Waals surface area (Å²) in [6.07, 6.45) is 1.50. The number of thiophene rings is 1. The van der Waals surface area contributed by atoms with Gasteiger partial charge in [0, 0.05) is 26.4 Å². The summed E-state index contributed by atoms with van der Waals surface area (Å²) < 4.78 is 11.5. The zero-order valence-electron chi connectivity index (χ0n) is 21.2. The van der Waals surface area contributed by atoms with Crippen molar-refractivity contribution < 1.29 is 19.1 Å². The SMILES string of the molecule is CO[C@@H]1CNC[C@]1(C)NC(=O)c1sc2nccc3c2c1NC(=O)N3c1ccc(Oc2ccccc2)cc1C. The van der Waals surface area contributed by atoms with Crippen molar-refractivity contribution in [2.45, 2.75) is 25.5 Å². The molecule has 3 N–H and O–H groups in total. The molecule has 4 heterocycles. The van der Waals surface area contributed by atoms with Crippen LogP contribution in [0.15, 0.2) is 60.8 Å². The molecular formula is C28H27N5O4S. The number of nitrogens with zero attached hydrogens (tertiary/aromatic N) is 2. The molecule has 38 heavy (non-hydrogen) atoms. The molecule has 0 aliphatic carbocycles. The number of carbonyl (C=O) groups excluding carboxylic acids is 2. The predicted molar refractivity (Wildman–Crippen MR) is 148 cm³/mol. The Morgan fingerprint density at radius 2 is 1.97 bits per heavy atom. The molecule has 0 unspecified atom stereocenters. The van der Waals surface area contributed by atoms with E-state index in [9.17, 15) is 9.59 Å². The summed E-state index contributed by atoms with van der Waals surface area (Å²) in [4.78, 5) is 34.2. The first-order chi connectivity index (χ1) is 18.4. The van der Waals surface area contributed by atoms with Crippen LogP contribution in [0, 0.1) is 6.92 Å². The van der Waals surface area contributed by atoms with E-state index in [-0.39, 0.29) is 18.0 Å². The molecule has 4 aromatic rings. The number of urea groups is 1. The molecule has 0 bridgehead atoms. The molecule has 194 valence electrons. The molecule has 0 radical (unpaired) electrons. The maximum absolute atomic E-state index is 13.5. The van der Waals surface area contributed by atoms with E-state index in [0.29, 0.717) is 45.6 Å². The lowest BCUT2D eigenvalue weighted by Gasteiger charge is -2.31. The second-order valence-corrected chi connectivity index (χ2v) is 10.7. The van der Waals surface area contributed by atoms with E-state index < -0.39 is 5.54 Å². The summed E-state index contributed by atoms with van der Waals surface area (Å²) in [5, 5.41) is 10.1.